The first-order valence-electron chi connectivity index (χ1n) is 7.60. The number of amides is 2. The van der Waals surface area contributed by atoms with Crippen LogP contribution in [-0.2, 0) is 16.1 Å². The summed E-state index contributed by atoms with van der Waals surface area (Å²) in [7, 11) is 0. The third-order valence-electron chi connectivity index (χ3n) is 3.46. The van der Waals surface area contributed by atoms with Gasteiger partial charge in [0.1, 0.15) is 5.76 Å². The quantitative estimate of drug-likeness (QED) is 0.803. The van der Waals surface area contributed by atoms with Gasteiger partial charge in [0.2, 0.25) is 0 Å². The van der Waals surface area contributed by atoms with Gasteiger partial charge in [-0.05, 0) is 50.2 Å². The summed E-state index contributed by atoms with van der Waals surface area (Å²) < 4.78 is 5.09. The molecule has 2 rings (SSSR count). The fraction of sp³-hybridized carbons (Fsp3) is 0.294. The van der Waals surface area contributed by atoms with Gasteiger partial charge in [-0.3, -0.25) is 9.59 Å². The molecule has 0 aliphatic carbocycles. The molecule has 6 nitrogen and oxygen atoms in total. The lowest BCUT2D eigenvalue weighted by Crippen LogP contribution is -2.34. The first kappa shape index (κ1) is 16.6. The highest BCUT2D eigenvalue weighted by Gasteiger charge is 2.14. The molecule has 0 aliphatic rings. The molecule has 1 aromatic heterocycles. The molecule has 0 aliphatic heterocycles. The van der Waals surface area contributed by atoms with Crippen molar-refractivity contribution in [3.63, 3.8) is 0 Å². The molecule has 0 fully saturated rings. The molecule has 23 heavy (non-hydrogen) atoms. The summed E-state index contributed by atoms with van der Waals surface area (Å²) in [4.78, 5) is 25.8. The fourth-order valence-electron chi connectivity index (χ4n) is 2.19. The summed E-state index contributed by atoms with van der Waals surface area (Å²) in [5.74, 6) is -0.809. The van der Waals surface area contributed by atoms with Crippen LogP contribution in [-0.4, -0.2) is 24.9 Å². The largest absolute Gasteiger partial charge is 0.467 e. The van der Waals surface area contributed by atoms with Crippen LogP contribution in [0.1, 0.15) is 19.6 Å². The summed E-state index contributed by atoms with van der Waals surface area (Å²) in [6.07, 6.45) is 1.51. The van der Waals surface area contributed by atoms with Gasteiger partial charge in [0.25, 0.3) is 0 Å². The highest BCUT2D eigenvalue weighted by molar-refractivity contribution is 6.39. The maximum Gasteiger partial charge on any atom is 0.313 e. The second-order valence-corrected chi connectivity index (χ2v) is 4.94. The van der Waals surface area contributed by atoms with Crippen LogP contribution < -0.4 is 15.5 Å². The van der Waals surface area contributed by atoms with Crippen LogP contribution >= 0.6 is 0 Å². The number of benzene rings is 1. The van der Waals surface area contributed by atoms with Crippen molar-refractivity contribution in [2.75, 3.05) is 23.3 Å². The van der Waals surface area contributed by atoms with E-state index < -0.39 is 11.8 Å². The Bertz CT molecular complexity index is 632. The van der Waals surface area contributed by atoms with Gasteiger partial charge in [0, 0.05) is 24.5 Å². The third kappa shape index (κ3) is 4.60. The highest BCUT2D eigenvalue weighted by Crippen LogP contribution is 2.17. The molecule has 2 N–H and O–H groups in total. The molecule has 6 heteroatoms. The van der Waals surface area contributed by atoms with Crippen LogP contribution in [0.25, 0.3) is 0 Å². The van der Waals surface area contributed by atoms with E-state index in [0.717, 1.165) is 18.8 Å². The Morgan fingerprint density at radius 1 is 1.04 bits per heavy atom. The van der Waals surface area contributed by atoms with Crippen molar-refractivity contribution in [2.45, 2.75) is 20.4 Å². The average molecular weight is 315 g/mol. The lowest BCUT2D eigenvalue weighted by Gasteiger charge is -2.21. The Balaban J connectivity index is 1.88. The molecule has 0 unspecified atom stereocenters. The average Bonchev–Trinajstić information content (AvgIpc) is 3.08. The standard InChI is InChI=1S/C17H21N3O3/c1-3-20(4-2)14-9-7-13(8-10-14)19-17(22)16(21)18-12-15-6-5-11-23-15/h5-11H,3-4,12H2,1-2H3,(H,18,21)(H,19,22). The lowest BCUT2D eigenvalue weighted by molar-refractivity contribution is -0.136. The first-order valence-corrected chi connectivity index (χ1v) is 7.60. The summed E-state index contributed by atoms with van der Waals surface area (Å²) >= 11 is 0. The first-order chi connectivity index (χ1) is 11.1. The summed E-state index contributed by atoms with van der Waals surface area (Å²) in [6.45, 7) is 6.18. The molecule has 0 saturated carbocycles. The minimum Gasteiger partial charge on any atom is -0.467 e. The van der Waals surface area contributed by atoms with E-state index >= 15 is 0 Å². The Labute approximate surface area is 135 Å². The second kappa shape index (κ2) is 8.03. The molecule has 1 heterocycles. The predicted octanol–water partition coefficient (Wildman–Crippen LogP) is 2.38. The predicted molar refractivity (Wildman–Crippen MR) is 89.2 cm³/mol. The van der Waals surface area contributed by atoms with Crippen LogP contribution in [0.4, 0.5) is 11.4 Å². The van der Waals surface area contributed by atoms with E-state index in [9.17, 15) is 9.59 Å². The minimum atomic E-state index is -0.702. The zero-order valence-corrected chi connectivity index (χ0v) is 13.3. The van der Waals surface area contributed by atoms with E-state index in [1.54, 1.807) is 24.3 Å². The molecule has 0 atom stereocenters. The van der Waals surface area contributed by atoms with Gasteiger partial charge >= 0.3 is 11.8 Å². The Morgan fingerprint density at radius 2 is 1.74 bits per heavy atom. The van der Waals surface area contributed by atoms with Crippen LogP contribution in [0.2, 0.25) is 0 Å². The molecule has 0 radical (unpaired) electrons. The number of anilines is 2. The van der Waals surface area contributed by atoms with Crippen LogP contribution in [0.15, 0.2) is 47.1 Å². The fourth-order valence-corrected chi connectivity index (χ4v) is 2.19. The number of rotatable bonds is 6. The van der Waals surface area contributed by atoms with Crippen LogP contribution in [0.3, 0.4) is 0 Å². The SMILES string of the molecule is CCN(CC)c1ccc(NC(=O)C(=O)NCc2ccco2)cc1. The number of hydrogen-bond acceptors (Lipinski definition) is 4. The zero-order chi connectivity index (χ0) is 16.7. The summed E-state index contributed by atoms with van der Waals surface area (Å²) in [5, 5.41) is 5.07. The number of carbonyl (C=O) groups excluding carboxylic acids is 2. The maximum atomic E-state index is 11.8. The van der Waals surface area contributed by atoms with E-state index in [1.807, 2.05) is 12.1 Å². The van der Waals surface area contributed by atoms with Gasteiger partial charge < -0.3 is 20.0 Å². The lowest BCUT2D eigenvalue weighted by atomic mass is 10.2. The van der Waals surface area contributed by atoms with Gasteiger partial charge in [-0.15, -0.1) is 0 Å². The van der Waals surface area contributed by atoms with Gasteiger partial charge in [-0.1, -0.05) is 0 Å². The summed E-state index contributed by atoms with van der Waals surface area (Å²) in [5.41, 5.74) is 1.66. The monoisotopic (exact) mass is 315 g/mol. The molecule has 0 spiro atoms. The second-order valence-electron chi connectivity index (χ2n) is 4.94. The van der Waals surface area contributed by atoms with E-state index in [-0.39, 0.29) is 6.54 Å². The van der Waals surface area contributed by atoms with Crippen molar-refractivity contribution in [3.8, 4) is 0 Å². The van der Waals surface area contributed by atoms with Crippen molar-refractivity contribution in [3.05, 3.63) is 48.4 Å². The van der Waals surface area contributed by atoms with E-state index in [0.29, 0.717) is 11.4 Å². The molecule has 0 bridgehead atoms. The molecule has 2 amide bonds. The maximum absolute atomic E-state index is 11.8. The topological polar surface area (TPSA) is 74.6 Å². The smallest absolute Gasteiger partial charge is 0.313 e. The number of carbonyl (C=O) groups is 2. The normalized spacial score (nSPS) is 10.2. The number of furan rings is 1. The Kier molecular flexibility index (Phi) is 5.80. The van der Waals surface area contributed by atoms with Crippen molar-refractivity contribution >= 4 is 23.2 Å². The minimum absolute atomic E-state index is 0.181. The Morgan fingerprint density at radius 3 is 2.30 bits per heavy atom. The van der Waals surface area contributed by atoms with Crippen molar-refractivity contribution in [1.82, 2.24) is 5.32 Å². The summed E-state index contributed by atoms with van der Waals surface area (Å²) in [6, 6.07) is 10.9. The number of nitrogens with one attached hydrogen (secondary N) is 2. The van der Waals surface area contributed by atoms with Crippen molar-refractivity contribution in [2.24, 2.45) is 0 Å². The van der Waals surface area contributed by atoms with Crippen molar-refractivity contribution < 1.29 is 14.0 Å². The van der Waals surface area contributed by atoms with Gasteiger partial charge in [-0.2, -0.15) is 0 Å². The molecule has 122 valence electrons. The molecular formula is C17H21N3O3. The van der Waals surface area contributed by atoms with E-state index in [2.05, 4.69) is 29.4 Å². The van der Waals surface area contributed by atoms with Gasteiger partial charge in [-0.25, -0.2) is 0 Å². The van der Waals surface area contributed by atoms with Crippen molar-refractivity contribution in [1.29, 1.82) is 0 Å². The third-order valence-corrected chi connectivity index (χ3v) is 3.46. The van der Waals surface area contributed by atoms with Crippen LogP contribution in [0.5, 0.6) is 0 Å². The van der Waals surface area contributed by atoms with Gasteiger partial charge in [0.15, 0.2) is 0 Å². The van der Waals surface area contributed by atoms with E-state index in [1.165, 1.54) is 6.26 Å². The molecular weight excluding hydrogens is 294 g/mol. The number of nitrogens with zero attached hydrogens (tertiary/aromatic N) is 1. The molecule has 2 aromatic rings. The number of hydrogen-bond donors (Lipinski definition) is 2. The highest BCUT2D eigenvalue weighted by atomic mass is 16.3. The Hall–Kier alpha value is -2.76. The molecule has 1 aromatic carbocycles. The zero-order valence-electron chi connectivity index (χ0n) is 13.3. The van der Waals surface area contributed by atoms with E-state index in [4.69, 9.17) is 4.42 Å². The molecule has 0 saturated heterocycles. The van der Waals surface area contributed by atoms with Crippen LogP contribution in [0, 0.1) is 0 Å². The van der Waals surface area contributed by atoms with Gasteiger partial charge in [0.05, 0.1) is 12.8 Å².